The number of fused-ring (bicyclic) bond motifs is 3. The van der Waals surface area contributed by atoms with Gasteiger partial charge in [0, 0.05) is 19.1 Å². The number of carbonyl (C=O) groups excluding carboxylic acids is 2. The van der Waals surface area contributed by atoms with Gasteiger partial charge in [0.15, 0.2) is 0 Å². The lowest BCUT2D eigenvalue weighted by molar-refractivity contribution is -0.147. The molecule has 8 heteroatoms. The third-order valence-corrected chi connectivity index (χ3v) is 7.25. The molecule has 8 nitrogen and oxygen atoms in total. The first-order valence-corrected chi connectivity index (χ1v) is 12.0. The maximum atomic E-state index is 12.9. The molecule has 2 aromatic carbocycles. The summed E-state index contributed by atoms with van der Waals surface area (Å²) in [5.74, 6) is -1.60. The third-order valence-electron chi connectivity index (χ3n) is 7.25. The largest absolute Gasteiger partial charge is 0.480 e. The van der Waals surface area contributed by atoms with Crippen molar-refractivity contribution < 1.29 is 29.0 Å². The number of hydrogen-bond donors (Lipinski definition) is 3. The highest BCUT2D eigenvalue weighted by molar-refractivity contribution is 5.87. The number of rotatable bonds is 8. The Bertz CT molecular complexity index is 1060. The van der Waals surface area contributed by atoms with E-state index >= 15 is 0 Å². The van der Waals surface area contributed by atoms with Crippen molar-refractivity contribution in [3.63, 3.8) is 0 Å². The molecule has 186 valence electrons. The van der Waals surface area contributed by atoms with Crippen molar-refractivity contribution in [1.29, 1.82) is 0 Å². The van der Waals surface area contributed by atoms with Crippen molar-refractivity contribution in [1.82, 2.24) is 10.6 Å². The van der Waals surface area contributed by atoms with E-state index < -0.39 is 29.0 Å². The molecule has 0 saturated carbocycles. The minimum atomic E-state index is -1.37. The molecule has 0 bridgehead atoms. The molecule has 2 aromatic rings. The van der Waals surface area contributed by atoms with Gasteiger partial charge in [-0.25, -0.2) is 9.59 Å². The summed E-state index contributed by atoms with van der Waals surface area (Å²) < 4.78 is 11.1. The number of hydrogen-bond acceptors (Lipinski definition) is 5. The van der Waals surface area contributed by atoms with Crippen LogP contribution in [0.3, 0.4) is 0 Å². The van der Waals surface area contributed by atoms with E-state index in [1.54, 1.807) is 6.92 Å². The summed E-state index contributed by atoms with van der Waals surface area (Å²) >= 11 is 0. The van der Waals surface area contributed by atoms with Crippen LogP contribution in [0.15, 0.2) is 48.5 Å². The van der Waals surface area contributed by atoms with Crippen LogP contribution >= 0.6 is 0 Å². The third kappa shape index (κ3) is 5.17. The lowest BCUT2D eigenvalue weighted by atomic mass is 9.85. The quantitative estimate of drug-likeness (QED) is 0.529. The van der Waals surface area contributed by atoms with Crippen LogP contribution in [0.1, 0.15) is 56.6 Å². The van der Waals surface area contributed by atoms with Crippen molar-refractivity contribution in [2.75, 3.05) is 19.8 Å². The van der Waals surface area contributed by atoms with Crippen molar-refractivity contribution in [2.45, 2.75) is 56.5 Å². The fourth-order valence-corrected chi connectivity index (χ4v) is 4.91. The molecule has 0 radical (unpaired) electrons. The van der Waals surface area contributed by atoms with Crippen molar-refractivity contribution >= 4 is 18.0 Å². The number of nitrogens with one attached hydrogen (secondary N) is 2. The minimum absolute atomic E-state index is 0.0522. The Labute approximate surface area is 205 Å². The number of carboxylic acids is 1. The predicted molar refractivity (Wildman–Crippen MR) is 130 cm³/mol. The van der Waals surface area contributed by atoms with E-state index in [9.17, 15) is 19.5 Å². The molecule has 2 amide bonds. The Kier molecular flexibility index (Phi) is 7.12. The van der Waals surface area contributed by atoms with Gasteiger partial charge in [0.05, 0.1) is 12.0 Å². The summed E-state index contributed by atoms with van der Waals surface area (Å²) in [6, 6.07) is 16.2. The lowest BCUT2D eigenvalue weighted by Crippen LogP contribution is -2.58. The number of alkyl carbamates (subject to hydrolysis) is 1. The fourth-order valence-electron chi connectivity index (χ4n) is 4.91. The zero-order valence-electron chi connectivity index (χ0n) is 20.1. The van der Waals surface area contributed by atoms with Gasteiger partial charge in [-0.1, -0.05) is 55.5 Å². The van der Waals surface area contributed by atoms with E-state index in [-0.39, 0.29) is 25.4 Å². The van der Waals surface area contributed by atoms with Crippen LogP contribution < -0.4 is 10.6 Å². The number of carbonyl (C=O) groups is 3. The second kappa shape index (κ2) is 10.1. The van der Waals surface area contributed by atoms with Gasteiger partial charge < -0.3 is 25.2 Å². The summed E-state index contributed by atoms with van der Waals surface area (Å²) in [6.45, 7) is 4.13. The lowest BCUT2D eigenvalue weighted by Gasteiger charge is -2.38. The van der Waals surface area contributed by atoms with Crippen molar-refractivity contribution in [3.8, 4) is 11.1 Å². The summed E-state index contributed by atoms with van der Waals surface area (Å²) in [5.41, 5.74) is 2.30. The van der Waals surface area contributed by atoms with Gasteiger partial charge >= 0.3 is 12.1 Å². The van der Waals surface area contributed by atoms with Crippen LogP contribution in [0.25, 0.3) is 11.1 Å². The molecule has 1 heterocycles. The fraction of sp³-hybridized carbons (Fsp3) is 0.444. The molecule has 1 atom stereocenters. The molecular weight excluding hydrogens is 448 g/mol. The van der Waals surface area contributed by atoms with Gasteiger partial charge in [-0.2, -0.15) is 0 Å². The number of benzene rings is 2. The molecule has 2 aliphatic rings. The molecule has 3 N–H and O–H groups in total. The van der Waals surface area contributed by atoms with Crippen molar-refractivity contribution in [3.05, 3.63) is 59.7 Å². The molecule has 1 aliphatic carbocycles. The van der Waals surface area contributed by atoms with Crippen LogP contribution in [0.2, 0.25) is 0 Å². The Morgan fingerprint density at radius 2 is 1.63 bits per heavy atom. The number of carboxylic acid groups (broad SMARTS) is 1. The molecule has 1 unspecified atom stereocenters. The summed E-state index contributed by atoms with van der Waals surface area (Å²) in [4.78, 5) is 37.3. The van der Waals surface area contributed by atoms with Gasteiger partial charge in [-0.15, -0.1) is 0 Å². The van der Waals surface area contributed by atoms with E-state index in [0.717, 1.165) is 22.3 Å². The van der Waals surface area contributed by atoms with Crippen LogP contribution in [0.4, 0.5) is 4.79 Å². The average molecular weight is 481 g/mol. The first-order chi connectivity index (χ1) is 16.8. The van der Waals surface area contributed by atoms with Crippen LogP contribution in [0.5, 0.6) is 0 Å². The van der Waals surface area contributed by atoms with Crippen molar-refractivity contribution in [2.24, 2.45) is 0 Å². The zero-order chi connectivity index (χ0) is 25.1. The van der Waals surface area contributed by atoms with Gasteiger partial charge in [0.1, 0.15) is 12.1 Å². The molecule has 0 aromatic heterocycles. The summed E-state index contributed by atoms with van der Waals surface area (Å²) in [5, 5.41) is 15.0. The second-order valence-electron chi connectivity index (χ2n) is 9.56. The Balaban J connectivity index is 1.43. The SMILES string of the molecule is CCC(C)(NC(=O)CC1(NC(=O)OCC2c3ccccc3-c3ccccc32)CCOCC1)C(=O)O. The Morgan fingerprint density at radius 1 is 1.06 bits per heavy atom. The molecule has 1 aliphatic heterocycles. The maximum Gasteiger partial charge on any atom is 0.407 e. The van der Waals surface area contributed by atoms with E-state index in [1.165, 1.54) is 6.92 Å². The van der Waals surface area contributed by atoms with E-state index in [0.29, 0.717) is 26.1 Å². The molecule has 4 rings (SSSR count). The highest BCUT2D eigenvalue weighted by atomic mass is 16.5. The maximum absolute atomic E-state index is 12.9. The minimum Gasteiger partial charge on any atom is -0.480 e. The smallest absolute Gasteiger partial charge is 0.407 e. The predicted octanol–water partition coefficient (Wildman–Crippen LogP) is 3.83. The summed E-state index contributed by atoms with van der Waals surface area (Å²) in [6.07, 6.45) is 0.451. The first kappa shape index (κ1) is 24.7. The van der Waals surface area contributed by atoms with Crippen LogP contribution in [-0.2, 0) is 19.1 Å². The van der Waals surface area contributed by atoms with Crippen LogP contribution in [-0.4, -0.2) is 54.0 Å². The van der Waals surface area contributed by atoms with Crippen LogP contribution in [0, 0.1) is 0 Å². The zero-order valence-corrected chi connectivity index (χ0v) is 20.1. The topological polar surface area (TPSA) is 114 Å². The number of ether oxygens (including phenoxy) is 2. The molecular formula is C27H32N2O6. The number of aliphatic carboxylic acids is 1. The Hall–Kier alpha value is -3.39. The monoisotopic (exact) mass is 480 g/mol. The van der Waals surface area contributed by atoms with Gasteiger partial charge in [-0.3, -0.25) is 4.79 Å². The van der Waals surface area contributed by atoms with E-state index in [2.05, 4.69) is 34.9 Å². The summed E-state index contributed by atoms with van der Waals surface area (Å²) in [7, 11) is 0. The molecule has 1 fully saturated rings. The van der Waals surface area contributed by atoms with E-state index in [4.69, 9.17) is 9.47 Å². The normalized spacial score (nSPS) is 18.0. The average Bonchev–Trinajstić information content (AvgIpc) is 3.16. The molecule has 1 saturated heterocycles. The van der Waals surface area contributed by atoms with E-state index in [1.807, 2.05) is 24.3 Å². The highest BCUT2D eigenvalue weighted by Gasteiger charge is 2.40. The van der Waals surface area contributed by atoms with Gasteiger partial charge in [-0.05, 0) is 48.4 Å². The highest BCUT2D eigenvalue weighted by Crippen LogP contribution is 2.44. The van der Waals surface area contributed by atoms with Gasteiger partial charge in [0.25, 0.3) is 0 Å². The molecule has 0 spiro atoms. The Morgan fingerprint density at radius 3 is 2.17 bits per heavy atom. The van der Waals surface area contributed by atoms with Gasteiger partial charge in [0.2, 0.25) is 5.91 Å². The number of amides is 2. The standard InChI is InChI=1S/C27H32N2O6/c1-3-26(2,24(31)32)28-23(30)16-27(12-14-34-15-13-27)29-25(33)35-17-22-20-10-6-4-8-18(20)19-9-5-7-11-21(19)22/h4-11,22H,3,12-17H2,1-2H3,(H,28,30)(H,29,33)(H,31,32). The second-order valence-corrected chi connectivity index (χ2v) is 9.56. The molecule has 35 heavy (non-hydrogen) atoms. The first-order valence-electron chi connectivity index (χ1n) is 12.0.